The zero-order valence-corrected chi connectivity index (χ0v) is 12.5. The lowest BCUT2D eigenvalue weighted by Gasteiger charge is -2.32. The van der Waals surface area contributed by atoms with Crippen LogP contribution in [0, 0.1) is 12.7 Å². The molecule has 108 valence electrons. The van der Waals surface area contributed by atoms with Crippen LogP contribution in [0.5, 0.6) is 0 Å². The summed E-state index contributed by atoms with van der Waals surface area (Å²) in [6, 6.07) is 3.94. The van der Waals surface area contributed by atoms with E-state index >= 15 is 0 Å². The average molecular weight is 309 g/mol. The Kier molecular flexibility index (Phi) is 5.32. The Balaban J connectivity index is 0.00000180. The number of rotatable bonds is 2. The molecule has 0 radical (unpaired) electrons. The fourth-order valence-corrected chi connectivity index (χ4v) is 3.69. The van der Waals surface area contributed by atoms with E-state index in [0.29, 0.717) is 25.2 Å². The van der Waals surface area contributed by atoms with E-state index in [0.717, 1.165) is 6.07 Å². The fourth-order valence-electron chi connectivity index (χ4n) is 2.05. The Bertz CT molecular complexity index is 551. The van der Waals surface area contributed by atoms with Gasteiger partial charge in [0.25, 0.3) is 0 Å². The van der Waals surface area contributed by atoms with E-state index in [9.17, 15) is 12.8 Å². The molecule has 0 aliphatic carbocycles. The average Bonchev–Trinajstić information content (AvgIpc) is 2.33. The molecule has 1 fully saturated rings. The van der Waals surface area contributed by atoms with Crippen LogP contribution in [0.2, 0.25) is 0 Å². The molecule has 0 saturated carbocycles. The molecule has 0 aromatic heterocycles. The Labute approximate surface area is 119 Å². The molecule has 1 heterocycles. The number of hydrogen-bond acceptors (Lipinski definition) is 3. The SMILES string of the molecule is Cc1ccc(S(=O)(=O)N2CCNCC2C)cc1F.Cl. The first-order chi connectivity index (χ1) is 8.43. The van der Waals surface area contributed by atoms with Gasteiger partial charge in [0, 0.05) is 25.7 Å². The van der Waals surface area contributed by atoms with E-state index in [4.69, 9.17) is 0 Å². The van der Waals surface area contributed by atoms with Crippen molar-refractivity contribution in [3.8, 4) is 0 Å². The zero-order chi connectivity index (χ0) is 13.3. The molecule has 0 amide bonds. The summed E-state index contributed by atoms with van der Waals surface area (Å²) in [6.07, 6.45) is 0. The molecule has 1 unspecified atom stereocenters. The van der Waals surface area contributed by atoms with E-state index in [1.165, 1.54) is 16.4 Å². The normalized spacial score (nSPS) is 20.9. The molecular weight excluding hydrogens is 291 g/mol. The number of sulfonamides is 1. The van der Waals surface area contributed by atoms with Crippen molar-refractivity contribution < 1.29 is 12.8 Å². The van der Waals surface area contributed by atoms with Gasteiger partial charge in [-0.15, -0.1) is 12.4 Å². The Hall–Kier alpha value is -0.690. The number of nitrogens with one attached hydrogen (secondary N) is 1. The first-order valence-corrected chi connectivity index (χ1v) is 7.35. The van der Waals surface area contributed by atoms with Gasteiger partial charge in [-0.05, 0) is 31.5 Å². The van der Waals surface area contributed by atoms with Crippen LogP contribution in [0.4, 0.5) is 4.39 Å². The van der Waals surface area contributed by atoms with Gasteiger partial charge in [0.2, 0.25) is 10.0 Å². The summed E-state index contributed by atoms with van der Waals surface area (Å²) in [5, 5.41) is 3.13. The fraction of sp³-hybridized carbons (Fsp3) is 0.500. The molecule has 7 heteroatoms. The van der Waals surface area contributed by atoms with Crippen LogP contribution in [0.3, 0.4) is 0 Å². The lowest BCUT2D eigenvalue weighted by Crippen LogP contribution is -2.52. The van der Waals surface area contributed by atoms with Crippen LogP contribution < -0.4 is 5.32 Å². The second-order valence-corrected chi connectivity index (χ2v) is 6.47. The van der Waals surface area contributed by atoms with Crippen molar-refractivity contribution in [1.82, 2.24) is 9.62 Å². The predicted octanol–water partition coefficient (Wildman–Crippen LogP) is 1.54. The van der Waals surface area contributed by atoms with E-state index in [1.807, 2.05) is 6.92 Å². The van der Waals surface area contributed by atoms with Gasteiger partial charge in [0.1, 0.15) is 5.82 Å². The quantitative estimate of drug-likeness (QED) is 0.901. The summed E-state index contributed by atoms with van der Waals surface area (Å²) in [5.41, 5.74) is 0.447. The van der Waals surface area contributed by atoms with E-state index in [-0.39, 0.29) is 23.3 Å². The molecule has 19 heavy (non-hydrogen) atoms. The minimum Gasteiger partial charge on any atom is -0.314 e. The molecule has 4 nitrogen and oxygen atoms in total. The molecule has 0 bridgehead atoms. The molecule has 1 aromatic rings. The lowest BCUT2D eigenvalue weighted by molar-refractivity contribution is 0.283. The highest BCUT2D eigenvalue weighted by atomic mass is 35.5. The second-order valence-electron chi connectivity index (χ2n) is 4.58. The minimum absolute atomic E-state index is 0. The van der Waals surface area contributed by atoms with E-state index in [1.54, 1.807) is 6.92 Å². The smallest absolute Gasteiger partial charge is 0.243 e. The van der Waals surface area contributed by atoms with Gasteiger partial charge in [-0.1, -0.05) is 6.07 Å². The third-order valence-electron chi connectivity index (χ3n) is 3.19. The number of aryl methyl sites for hydroxylation is 1. The summed E-state index contributed by atoms with van der Waals surface area (Å²) in [7, 11) is -3.60. The summed E-state index contributed by atoms with van der Waals surface area (Å²) < 4.78 is 39.7. The molecular formula is C12H18ClFN2O2S. The lowest BCUT2D eigenvalue weighted by atomic mass is 10.2. The first-order valence-electron chi connectivity index (χ1n) is 5.91. The van der Waals surface area contributed by atoms with Crippen LogP contribution in [0.25, 0.3) is 0 Å². The second kappa shape index (κ2) is 6.17. The molecule has 1 aromatic carbocycles. The van der Waals surface area contributed by atoms with Gasteiger partial charge in [-0.2, -0.15) is 4.31 Å². The van der Waals surface area contributed by atoms with Crippen LogP contribution >= 0.6 is 12.4 Å². The van der Waals surface area contributed by atoms with Gasteiger partial charge < -0.3 is 5.32 Å². The Morgan fingerprint density at radius 1 is 1.42 bits per heavy atom. The third kappa shape index (κ3) is 3.25. The number of hydrogen-bond donors (Lipinski definition) is 1. The van der Waals surface area contributed by atoms with Crippen molar-refractivity contribution >= 4 is 22.4 Å². The Morgan fingerprint density at radius 3 is 2.68 bits per heavy atom. The minimum atomic E-state index is -3.60. The summed E-state index contributed by atoms with van der Waals surface area (Å²) in [6.45, 7) is 5.11. The van der Waals surface area contributed by atoms with Crippen molar-refractivity contribution in [2.75, 3.05) is 19.6 Å². The van der Waals surface area contributed by atoms with Crippen molar-refractivity contribution in [2.45, 2.75) is 24.8 Å². The monoisotopic (exact) mass is 308 g/mol. The third-order valence-corrected chi connectivity index (χ3v) is 5.20. The molecule has 0 spiro atoms. The molecule has 1 N–H and O–H groups in total. The van der Waals surface area contributed by atoms with Crippen LogP contribution in [0.15, 0.2) is 23.1 Å². The van der Waals surface area contributed by atoms with Gasteiger partial charge >= 0.3 is 0 Å². The number of halogens is 2. The summed E-state index contributed by atoms with van der Waals surface area (Å²) in [5.74, 6) is -0.487. The van der Waals surface area contributed by atoms with E-state index < -0.39 is 15.8 Å². The van der Waals surface area contributed by atoms with Crippen molar-refractivity contribution in [3.05, 3.63) is 29.6 Å². The molecule has 1 aliphatic rings. The van der Waals surface area contributed by atoms with Crippen molar-refractivity contribution in [1.29, 1.82) is 0 Å². The predicted molar refractivity (Wildman–Crippen MR) is 74.6 cm³/mol. The maximum atomic E-state index is 13.5. The molecule has 1 aliphatic heterocycles. The topological polar surface area (TPSA) is 49.4 Å². The van der Waals surface area contributed by atoms with Crippen LogP contribution in [-0.4, -0.2) is 38.4 Å². The maximum Gasteiger partial charge on any atom is 0.243 e. The largest absolute Gasteiger partial charge is 0.314 e. The van der Waals surface area contributed by atoms with Crippen molar-refractivity contribution in [2.24, 2.45) is 0 Å². The molecule has 1 atom stereocenters. The van der Waals surface area contributed by atoms with Crippen LogP contribution in [0.1, 0.15) is 12.5 Å². The van der Waals surface area contributed by atoms with E-state index in [2.05, 4.69) is 5.32 Å². The van der Waals surface area contributed by atoms with Gasteiger partial charge in [0.15, 0.2) is 0 Å². The highest BCUT2D eigenvalue weighted by molar-refractivity contribution is 7.89. The van der Waals surface area contributed by atoms with Crippen LogP contribution in [-0.2, 0) is 10.0 Å². The van der Waals surface area contributed by atoms with Gasteiger partial charge in [-0.3, -0.25) is 0 Å². The highest BCUT2D eigenvalue weighted by Crippen LogP contribution is 2.21. The number of nitrogens with zero attached hydrogens (tertiary/aromatic N) is 1. The highest BCUT2D eigenvalue weighted by Gasteiger charge is 2.31. The number of benzene rings is 1. The van der Waals surface area contributed by atoms with Gasteiger partial charge in [-0.25, -0.2) is 12.8 Å². The first kappa shape index (κ1) is 16.4. The van der Waals surface area contributed by atoms with Crippen molar-refractivity contribution in [3.63, 3.8) is 0 Å². The molecule has 1 saturated heterocycles. The maximum absolute atomic E-state index is 13.5. The van der Waals surface area contributed by atoms with Gasteiger partial charge in [0.05, 0.1) is 4.90 Å². The molecule has 2 rings (SSSR count). The summed E-state index contributed by atoms with van der Waals surface area (Å²) in [4.78, 5) is 0.0272. The number of piperazine rings is 1. The summed E-state index contributed by atoms with van der Waals surface area (Å²) >= 11 is 0. The zero-order valence-electron chi connectivity index (χ0n) is 10.9. The standard InChI is InChI=1S/C12H17FN2O2S.ClH/c1-9-3-4-11(7-12(9)13)18(16,17)15-6-5-14-8-10(15)2;/h3-4,7,10,14H,5-6,8H2,1-2H3;1H. The Morgan fingerprint density at radius 2 is 2.11 bits per heavy atom.